The molecule has 3 aromatic rings. The predicted molar refractivity (Wildman–Crippen MR) is 82.0 cm³/mol. The van der Waals surface area contributed by atoms with Crippen molar-refractivity contribution in [1.29, 1.82) is 0 Å². The highest BCUT2D eigenvalue weighted by Gasteiger charge is 2.11. The molecule has 0 aliphatic carbocycles. The SMILES string of the molecule is NC(=S)c1ccc(Cl)cc1-n1ncc2ccccc21. The minimum Gasteiger partial charge on any atom is -0.389 e. The zero-order chi connectivity index (χ0) is 13.4. The van der Waals surface area contributed by atoms with Crippen LogP contribution in [0.1, 0.15) is 5.56 Å². The van der Waals surface area contributed by atoms with E-state index in [0.717, 1.165) is 22.2 Å². The lowest BCUT2D eigenvalue weighted by Crippen LogP contribution is -2.13. The number of benzene rings is 2. The van der Waals surface area contributed by atoms with Gasteiger partial charge < -0.3 is 5.73 Å². The van der Waals surface area contributed by atoms with E-state index in [1.165, 1.54) is 0 Å². The Morgan fingerprint density at radius 2 is 2.00 bits per heavy atom. The summed E-state index contributed by atoms with van der Waals surface area (Å²) in [6.45, 7) is 0. The monoisotopic (exact) mass is 287 g/mol. The zero-order valence-electron chi connectivity index (χ0n) is 9.88. The Morgan fingerprint density at radius 1 is 1.21 bits per heavy atom. The molecule has 0 fully saturated rings. The van der Waals surface area contributed by atoms with Gasteiger partial charge in [0, 0.05) is 16.0 Å². The Hall–Kier alpha value is -1.91. The molecule has 0 bridgehead atoms. The van der Waals surface area contributed by atoms with E-state index in [-0.39, 0.29) is 0 Å². The molecule has 0 amide bonds. The van der Waals surface area contributed by atoms with Gasteiger partial charge in [0.2, 0.25) is 0 Å². The molecular weight excluding hydrogens is 278 g/mol. The Kier molecular flexibility index (Phi) is 2.97. The summed E-state index contributed by atoms with van der Waals surface area (Å²) in [5.74, 6) is 0. The van der Waals surface area contributed by atoms with Gasteiger partial charge >= 0.3 is 0 Å². The lowest BCUT2D eigenvalue weighted by molar-refractivity contribution is 0.909. The number of nitrogens with zero attached hydrogens (tertiary/aromatic N) is 2. The van der Waals surface area contributed by atoms with E-state index in [4.69, 9.17) is 29.6 Å². The number of rotatable bonds is 2. The highest BCUT2D eigenvalue weighted by molar-refractivity contribution is 7.80. The van der Waals surface area contributed by atoms with Crippen LogP contribution in [0.25, 0.3) is 16.6 Å². The van der Waals surface area contributed by atoms with Crippen LogP contribution in [0, 0.1) is 0 Å². The summed E-state index contributed by atoms with van der Waals surface area (Å²) < 4.78 is 1.80. The molecule has 19 heavy (non-hydrogen) atoms. The largest absolute Gasteiger partial charge is 0.389 e. The van der Waals surface area contributed by atoms with E-state index in [1.54, 1.807) is 16.9 Å². The fraction of sp³-hybridized carbons (Fsp3) is 0. The van der Waals surface area contributed by atoms with Crippen LogP contribution < -0.4 is 5.73 Å². The molecule has 3 nitrogen and oxygen atoms in total. The second-order valence-corrected chi connectivity index (χ2v) is 5.02. The molecule has 2 aromatic carbocycles. The van der Waals surface area contributed by atoms with Gasteiger partial charge in [-0.25, -0.2) is 4.68 Å². The summed E-state index contributed by atoms with van der Waals surface area (Å²) in [7, 11) is 0. The summed E-state index contributed by atoms with van der Waals surface area (Å²) in [6.07, 6.45) is 1.81. The normalized spacial score (nSPS) is 10.8. The first-order chi connectivity index (χ1) is 9.16. The van der Waals surface area contributed by atoms with Crippen molar-refractivity contribution < 1.29 is 0 Å². The number of fused-ring (bicyclic) bond motifs is 1. The van der Waals surface area contributed by atoms with Gasteiger partial charge in [0.05, 0.1) is 17.4 Å². The summed E-state index contributed by atoms with van der Waals surface area (Å²) in [4.78, 5) is 0.325. The van der Waals surface area contributed by atoms with E-state index >= 15 is 0 Å². The van der Waals surface area contributed by atoms with Gasteiger partial charge in [0.1, 0.15) is 4.99 Å². The van der Waals surface area contributed by atoms with Gasteiger partial charge in [-0.15, -0.1) is 0 Å². The number of hydrogen-bond acceptors (Lipinski definition) is 2. The van der Waals surface area contributed by atoms with Crippen LogP contribution in [0.5, 0.6) is 0 Å². The molecule has 3 rings (SSSR count). The topological polar surface area (TPSA) is 43.8 Å². The third-order valence-corrected chi connectivity index (χ3v) is 3.39. The zero-order valence-corrected chi connectivity index (χ0v) is 11.4. The number of halogens is 1. The summed E-state index contributed by atoms with van der Waals surface area (Å²) in [5, 5.41) is 6.06. The molecule has 5 heteroatoms. The second-order valence-electron chi connectivity index (χ2n) is 4.14. The maximum absolute atomic E-state index is 6.06. The maximum Gasteiger partial charge on any atom is 0.106 e. The molecule has 0 aliphatic rings. The van der Waals surface area contributed by atoms with Crippen molar-refractivity contribution >= 4 is 39.7 Å². The van der Waals surface area contributed by atoms with Crippen molar-refractivity contribution in [3.63, 3.8) is 0 Å². The second kappa shape index (κ2) is 4.64. The third kappa shape index (κ3) is 2.09. The number of aromatic nitrogens is 2. The third-order valence-electron chi connectivity index (χ3n) is 2.93. The van der Waals surface area contributed by atoms with Crippen LogP contribution in [-0.4, -0.2) is 14.8 Å². The number of para-hydroxylation sites is 1. The van der Waals surface area contributed by atoms with E-state index in [0.29, 0.717) is 10.0 Å². The standard InChI is InChI=1S/C14H10ClN3S/c15-10-5-6-11(14(16)19)13(7-10)18-12-4-2-1-3-9(12)8-17-18/h1-8H,(H2,16,19). The fourth-order valence-corrected chi connectivity index (χ4v) is 2.39. The molecular formula is C14H10ClN3S. The molecule has 0 saturated carbocycles. The van der Waals surface area contributed by atoms with Crippen LogP contribution >= 0.6 is 23.8 Å². The average molecular weight is 288 g/mol. The van der Waals surface area contributed by atoms with E-state index < -0.39 is 0 Å². The molecule has 0 unspecified atom stereocenters. The van der Waals surface area contributed by atoms with Crippen molar-refractivity contribution in [3.8, 4) is 5.69 Å². The lowest BCUT2D eigenvalue weighted by Gasteiger charge is -2.10. The molecule has 1 aromatic heterocycles. The van der Waals surface area contributed by atoms with Crippen LogP contribution in [0.2, 0.25) is 5.02 Å². The number of hydrogen-bond donors (Lipinski definition) is 1. The van der Waals surface area contributed by atoms with Crippen molar-refractivity contribution in [2.45, 2.75) is 0 Å². The van der Waals surface area contributed by atoms with E-state index in [2.05, 4.69) is 5.10 Å². The van der Waals surface area contributed by atoms with Gasteiger partial charge in [-0.05, 0) is 24.3 Å². The first-order valence-electron chi connectivity index (χ1n) is 5.69. The molecule has 0 saturated heterocycles. The first kappa shape index (κ1) is 12.1. The van der Waals surface area contributed by atoms with Crippen LogP contribution in [-0.2, 0) is 0 Å². The summed E-state index contributed by atoms with van der Waals surface area (Å²) in [5.41, 5.74) is 8.30. The van der Waals surface area contributed by atoms with Crippen molar-refractivity contribution in [3.05, 3.63) is 59.2 Å². The predicted octanol–water partition coefficient (Wildman–Crippen LogP) is 3.31. The molecule has 94 valence electrons. The Morgan fingerprint density at radius 3 is 2.79 bits per heavy atom. The molecule has 0 aliphatic heterocycles. The minimum atomic E-state index is 0.325. The summed E-state index contributed by atoms with van der Waals surface area (Å²) in [6, 6.07) is 13.3. The van der Waals surface area contributed by atoms with E-state index in [1.807, 2.05) is 36.4 Å². The highest BCUT2D eigenvalue weighted by atomic mass is 35.5. The quantitative estimate of drug-likeness (QED) is 0.736. The summed E-state index contributed by atoms with van der Waals surface area (Å²) >= 11 is 11.1. The Balaban J connectivity index is 2.32. The smallest absolute Gasteiger partial charge is 0.106 e. The van der Waals surface area contributed by atoms with Crippen molar-refractivity contribution in [2.75, 3.05) is 0 Å². The van der Waals surface area contributed by atoms with Crippen molar-refractivity contribution in [2.24, 2.45) is 5.73 Å². The molecule has 0 radical (unpaired) electrons. The van der Waals surface area contributed by atoms with Crippen molar-refractivity contribution in [1.82, 2.24) is 9.78 Å². The molecule has 0 spiro atoms. The maximum atomic E-state index is 6.06. The van der Waals surface area contributed by atoms with Gasteiger partial charge in [-0.2, -0.15) is 5.10 Å². The van der Waals surface area contributed by atoms with Crippen LogP contribution in [0.3, 0.4) is 0 Å². The van der Waals surface area contributed by atoms with E-state index in [9.17, 15) is 0 Å². The molecule has 1 heterocycles. The van der Waals surface area contributed by atoms with Gasteiger partial charge in [-0.1, -0.05) is 42.0 Å². The Labute approximate surface area is 120 Å². The van der Waals surface area contributed by atoms with Gasteiger partial charge in [0.25, 0.3) is 0 Å². The van der Waals surface area contributed by atoms with Gasteiger partial charge in [-0.3, -0.25) is 0 Å². The minimum absolute atomic E-state index is 0.325. The number of thiocarbonyl (C=S) groups is 1. The highest BCUT2D eigenvalue weighted by Crippen LogP contribution is 2.24. The number of nitrogens with two attached hydrogens (primary N) is 1. The lowest BCUT2D eigenvalue weighted by atomic mass is 10.1. The van der Waals surface area contributed by atoms with Crippen LogP contribution in [0.15, 0.2) is 48.7 Å². The van der Waals surface area contributed by atoms with Gasteiger partial charge in [0.15, 0.2) is 0 Å². The molecule has 2 N–H and O–H groups in total. The fourth-order valence-electron chi connectivity index (χ4n) is 2.05. The van der Waals surface area contributed by atoms with Crippen LogP contribution in [0.4, 0.5) is 0 Å². The Bertz CT molecular complexity index is 779. The average Bonchev–Trinajstić information content (AvgIpc) is 2.82. The first-order valence-corrected chi connectivity index (χ1v) is 6.48. The molecule has 0 atom stereocenters.